The molecule has 6 rings (SSSR count). The summed E-state index contributed by atoms with van der Waals surface area (Å²) in [6, 6.07) is 16.4. The molecule has 2 aromatic carbocycles. The van der Waals surface area contributed by atoms with Gasteiger partial charge in [0.25, 0.3) is 5.91 Å². The summed E-state index contributed by atoms with van der Waals surface area (Å²) < 4.78 is 5.49. The number of nitrogens with one attached hydrogen (secondary N) is 1. The number of aliphatic hydroxyl groups is 1. The van der Waals surface area contributed by atoms with Gasteiger partial charge in [0, 0.05) is 50.0 Å². The maximum Gasteiger partial charge on any atom is 0.253 e. The number of amides is 2. The molecule has 3 atom stereocenters. The number of rotatable bonds is 5. The number of carbonyl (C=O) groups is 2. The molecule has 4 heterocycles. The number of ether oxygens (including phenoxy) is 1. The molecule has 8 heteroatoms. The summed E-state index contributed by atoms with van der Waals surface area (Å²) in [4.78, 5) is 34.7. The number of nitrogens with zero attached hydrogens (tertiary/aromatic N) is 3. The molecule has 196 valence electrons. The molecule has 0 aliphatic carbocycles. The highest BCUT2D eigenvalue weighted by atomic mass is 16.5. The van der Waals surface area contributed by atoms with E-state index in [9.17, 15) is 9.59 Å². The van der Waals surface area contributed by atoms with Gasteiger partial charge in [0.1, 0.15) is 17.9 Å². The standard InChI is InChI=1S/C29H36N4O4/c34-17-18-37-23-10-8-21(9-11-23)20-31-13-4-12-30-27(35)25-19-22-5-3-14-33(22)29(25)24-6-1-2-7-26(24)32(16-15-31)28(29)36/h1-2,6-11,22,25,34H,3-5,12-20H2,(H,30,35)/t22-,25+,29+/m0/s1. The van der Waals surface area contributed by atoms with E-state index in [0.717, 1.165) is 74.4 Å². The molecule has 4 aliphatic heterocycles. The highest BCUT2D eigenvalue weighted by molar-refractivity contribution is 6.10. The molecule has 0 aromatic heterocycles. The van der Waals surface area contributed by atoms with Crippen LogP contribution in [0.5, 0.6) is 5.75 Å². The van der Waals surface area contributed by atoms with Crippen molar-refractivity contribution >= 4 is 17.5 Å². The number of aliphatic hydroxyl groups excluding tert-OH is 1. The molecule has 4 aliphatic rings. The fraction of sp³-hybridized carbons (Fsp3) is 0.517. The Morgan fingerprint density at radius 2 is 1.84 bits per heavy atom. The van der Waals surface area contributed by atoms with E-state index in [1.807, 2.05) is 41.3 Å². The molecule has 0 saturated carbocycles. The van der Waals surface area contributed by atoms with Crippen molar-refractivity contribution in [1.82, 2.24) is 15.1 Å². The van der Waals surface area contributed by atoms with Crippen molar-refractivity contribution in [3.63, 3.8) is 0 Å². The second-order valence-corrected chi connectivity index (χ2v) is 10.7. The van der Waals surface area contributed by atoms with E-state index in [4.69, 9.17) is 9.84 Å². The van der Waals surface area contributed by atoms with Crippen molar-refractivity contribution in [2.24, 2.45) is 5.92 Å². The van der Waals surface area contributed by atoms with Gasteiger partial charge in [0.15, 0.2) is 0 Å². The molecule has 2 aromatic rings. The zero-order valence-corrected chi connectivity index (χ0v) is 21.3. The Morgan fingerprint density at radius 3 is 2.68 bits per heavy atom. The van der Waals surface area contributed by atoms with Gasteiger partial charge in [-0.2, -0.15) is 0 Å². The first-order valence-corrected chi connectivity index (χ1v) is 13.6. The highest BCUT2D eigenvalue weighted by Gasteiger charge is 2.67. The van der Waals surface area contributed by atoms with Gasteiger partial charge < -0.3 is 20.1 Å². The lowest BCUT2D eigenvalue weighted by molar-refractivity contribution is -0.139. The van der Waals surface area contributed by atoms with E-state index in [1.54, 1.807) is 0 Å². The summed E-state index contributed by atoms with van der Waals surface area (Å²) in [6.07, 6.45) is 3.74. The summed E-state index contributed by atoms with van der Waals surface area (Å²) in [6.45, 7) is 4.68. The van der Waals surface area contributed by atoms with Crippen molar-refractivity contribution < 1.29 is 19.4 Å². The monoisotopic (exact) mass is 504 g/mol. The average Bonchev–Trinajstić information content (AvgIpc) is 3.57. The highest BCUT2D eigenvalue weighted by Crippen LogP contribution is 2.57. The van der Waals surface area contributed by atoms with Crippen LogP contribution in [-0.4, -0.2) is 78.7 Å². The Labute approximate surface area is 218 Å². The van der Waals surface area contributed by atoms with Crippen LogP contribution in [-0.2, 0) is 21.7 Å². The van der Waals surface area contributed by atoms with Crippen LogP contribution in [0.1, 0.15) is 36.8 Å². The summed E-state index contributed by atoms with van der Waals surface area (Å²) >= 11 is 0. The predicted octanol–water partition coefficient (Wildman–Crippen LogP) is 2.11. The lowest BCUT2D eigenvalue weighted by atomic mass is 9.78. The zero-order valence-electron chi connectivity index (χ0n) is 21.3. The fourth-order valence-corrected chi connectivity index (χ4v) is 7.04. The van der Waals surface area contributed by atoms with Crippen LogP contribution in [0, 0.1) is 5.92 Å². The average molecular weight is 505 g/mol. The molecular weight excluding hydrogens is 468 g/mol. The van der Waals surface area contributed by atoms with E-state index in [2.05, 4.69) is 27.2 Å². The second-order valence-electron chi connectivity index (χ2n) is 10.7. The van der Waals surface area contributed by atoms with E-state index in [0.29, 0.717) is 19.1 Å². The Hall–Kier alpha value is -2.94. The lowest BCUT2D eigenvalue weighted by Crippen LogP contribution is -2.57. The summed E-state index contributed by atoms with van der Waals surface area (Å²) in [5.41, 5.74) is 2.25. The largest absolute Gasteiger partial charge is 0.491 e. The third-order valence-electron chi connectivity index (χ3n) is 8.62. The number of benzene rings is 2. The van der Waals surface area contributed by atoms with Gasteiger partial charge in [0.05, 0.1) is 12.5 Å². The Bertz CT molecular complexity index is 1150. The van der Waals surface area contributed by atoms with Crippen LogP contribution in [0.2, 0.25) is 0 Å². The minimum Gasteiger partial charge on any atom is -0.491 e. The van der Waals surface area contributed by atoms with Gasteiger partial charge in [0.2, 0.25) is 5.91 Å². The Kier molecular flexibility index (Phi) is 6.65. The third kappa shape index (κ3) is 4.11. The summed E-state index contributed by atoms with van der Waals surface area (Å²) in [7, 11) is 0. The molecular formula is C29H36N4O4. The van der Waals surface area contributed by atoms with Gasteiger partial charge in [-0.3, -0.25) is 19.4 Å². The Morgan fingerprint density at radius 1 is 1.00 bits per heavy atom. The number of anilines is 1. The SMILES string of the molecule is O=C1NCCCN(Cc2ccc(OCCO)cc2)CCN2C(=O)[C@@]3(c4ccccc42)[C@@H]1C[C@@H]1CCCN13. The molecule has 3 fully saturated rings. The minimum atomic E-state index is -0.879. The lowest BCUT2D eigenvalue weighted by Gasteiger charge is -2.38. The molecule has 37 heavy (non-hydrogen) atoms. The molecule has 0 unspecified atom stereocenters. The van der Waals surface area contributed by atoms with Crippen molar-refractivity contribution in [1.29, 1.82) is 0 Å². The van der Waals surface area contributed by atoms with E-state index < -0.39 is 5.54 Å². The zero-order chi connectivity index (χ0) is 25.4. The topological polar surface area (TPSA) is 85.4 Å². The number of carbonyl (C=O) groups excluding carboxylic acids is 2. The summed E-state index contributed by atoms with van der Waals surface area (Å²) in [5.74, 6) is 0.484. The van der Waals surface area contributed by atoms with Gasteiger partial charge >= 0.3 is 0 Å². The molecule has 2 N–H and O–H groups in total. The van der Waals surface area contributed by atoms with Gasteiger partial charge in [-0.1, -0.05) is 30.3 Å². The van der Waals surface area contributed by atoms with Crippen molar-refractivity contribution in [2.45, 2.75) is 43.8 Å². The van der Waals surface area contributed by atoms with Crippen LogP contribution in [0.4, 0.5) is 5.69 Å². The molecule has 1 spiro atoms. The van der Waals surface area contributed by atoms with Crippen LogP contribution in [0.3, 0.4) is 0 Å². The van der Waals surface area contributed by atoms with Gasteiger partial charge in [-0.25, -0.2) is 0 Å². The van der Waals surface area contributed by atoms with Crippen LogP contribution >= 0.6 is 0 Å². The van der Waals surface area contributed by atoms with Gasteiger partial charge in [-0.05, 0) is 56.0 Å². The molecule has 2 amide bonds. The Balaban J connectivity index is 1.29. The smallest absolute Gasteiger partial charge is 0.253 e. The number of hydrogen-bond acceptors (Lipinski definition) is 6. The maximum atomic E-state index is 14.4. The maximum absolute atomic E-state index is 14.4. The third-order valence-corrected chi connectivity index (χ3v) is 8.62. The van der Waals surface area contributed by atoms with Crippen LogP contribution < -0.4 is 15.0 Å². The second kappa shape index (κ2) is 10.1. The van der Waals surface area contributed by atoms with Crippen LogP contribution in [0.25, 0.3) is 0 Å². The predicted molar refractivity (Wildman–Crippen MR) is 140 cm³/mol. The summed E-state index contributed by atoms with van der Waals surface area (Å²) in [5, 5.41) is 12.2. The normalized spacial score (nSPS) is 28.2. The molecule has 8 nitrogen and oxygen atoms in total. The first kappa shape index (κ1) is 24.4. The van der Waals surface area contributed by atoms with Crippen LogP contribution in [0.15, 0.2) is 48.5 Å². The minimum absolute atomic E-state index is 0.00906. The van der Waals surface area contributed by atoms with Gasteiger partial charge in [-0.15, -0.1) is 0 Å². The molecule has 2 bridgehead atoms. The van der Waals surface area contributed by atoms with E-state index >= 15 is 0 Å². The van der Waals surface area contributed by atoms with E-state index in [-0.39, 0.29) is 30.9 Å². The first-order valence-electron chi connectivity index (χ1n) is 13.6. The molecule has 0 radical (unpaired) electrons. The number of para-hydroxylation sites is 1. The first-order chi connectivity index (χ1) is 18.1. The quantitative estimate of drug-likeness (QED) is 0.649. The molecule has 3 saturated heterocycles. The van der Waals surface area contributed by atoms with Crippen molar-refractivity contribution in [2.75, 3.05) is 50.8 Å². The number of hydrogen-bond donors (Lipinski definition) is 2. The van der Waals surface area contributed by atoms with E-state index in [1.165, 1.54) is 0 Å². The fourth-order valence-electron chi connectivity index (χ4n) is 7.04. The van der Waals surface area contributed by atoms with Crippen molar-refractivity contribution in [3.05, 3.63) is 59.7 Å². The van der Waals surface area contributed by atoms with Crippen molar-refractivity contribution in [3.8, 4) is 5.75 Å². The number of fused-ring (bicyclic) bond motifs is 4.